The van der Waals surface area contributed by atoms with Crippen LogP contribution in [0.25, 0.3) is 0 Å². The minimum Gasteiger partial charge on any atom is -0.338 e. The predicted molar refractivity (Wildman–Crippen MR) is 76.5 cm³/mol. The summed E-state index contributed by atoms with van der Waals surface area (Å²) in [5, 5.41) is 0. The molecule has 1 N–H and O–H groups in total. The van der Waals surface area contributed by atoms with Gasteiger partial charge in [-0.05, 0) is 43.9 Å². The summed E-state index contributed by atoms with van der Waals surface area (Å²) in [5.41, 5.74) is 0. The summed E-state index contributed by atoms with van der Waals surface area (Å²) >= 11 is 0. The van der Waals surface area contributed by atoms with Crippen molar-refractivity contribution in [1.29, 1.82) is 0 Å². The molecular weight excluding hydrogens is 276 g/mol. The Morgan fingerprint density at radius 1 is 1.15 bits per heavy atom. The van der Waals surface area contributed by atoms with Crippen molar-refractivity contribution in [2.45, 2.75) is 44.6 Å². The highest BCUT2D eigenvalue weighted by Crippen LogP contribution is 2.58. The lowest BCUT2D eigenvalue weighted by Gasteiger charge is -2.36. The summed E-state index contributed by atoms with van der Waals surface area (Å²) in [6.45, 7) is 1.16. The fraction of sp³-hybridized carbons (Fsp3) is 0.929. The van der Waals surface area contributed by atoms with Crippen molar-refractivity contribution >= 4 is 15.9 Å². The molecule has 114 valence electrons. The molecule has 1 saturated heterocycles. The van der Waals surface area contributed by atoms with E-state index in [9.17, 15) is 13.2 Å². The van der Waals surface area contributed by atoms with Crippen LogP contribution in [0.15, 0.2) is 0 Å². The second kappa shape index (κ2) is 5.30. The van der Waals surface area contributed by atoms with Crippen LogP contribution in [0.4, 0.5) is 0 Å². The number of nitrogens with zero attached hydrogens (tertiary/aromatic N) is 1. The summed E-state index contributed by atoms with van der Waals surface area (Å²) in [6, 6.07) is 0.0484. The lowest BCUT2D eigenvalue weighted by molar-refractivity contribution is -0.137. The maximum Gasteiger partial charge on any atom is 0.226 e. The van der Waals surface area contributed by atoms with E-state index >= 15 is 0 Å². The average Bonchev–Trinajstić information content (AvgIpc) is 2.88. The molecule has 3 rings (SSSR count). The Hall–Kier alpha value is -0.620. The number of carbonyl (C=O) groups excluding carboxylic acids is 1. The van der Waals surface area contributed by atoms with Crippen LogP contribution >= 0.6 is 0 Å². The minimum atomic E-state index is -3.18. The topological polar surface area (TPSA) is 66.5 Å². The number of rotatable bonds is 4. The van der Waals surface area contributed by atoms with E-state index in [1.54, 1.807) is 0 Å². The van der Waals surface area contributed by atoms with E-state index < -0.39 is 10.0 Å². The zero-order valence-corrected chi connectivity index (χ0v) is 12.9. The van der Waals surface area contributed by atoms with Crippen molar-refractivity contribution in [1.82, 2.24) is 9.62 Å². The lowest BCUT2D eigenvalue weighted by atomic mass is 10.0. The number of hydrogen-bond donors (Lipinski definition) is 1. The summed E-state index contributed by atoms with van der Waals surface area (Å²) < 4.78 is 25.0. The van der Waals surface area contributed by atoms with Gasteiger partial charge in [0.25, 0.3) is 0 Å². The number of sulfonamides is 1. The predicted octanol–water partition coefficient (Wildman–Crippen LogP) is 0.963. The quantitative estimate of drug-likeness (QED) is 0.841. The van der Waals surface area contributed by atoms with Crippen LogP contribution in [0.2, 0.25) is 0 Å². The zero-order valence-electron chi connectivity index (χ0n) is 12.0. The molecule has 2 aliphatic carbocycles. The number of likely N-dealkylation sites (tertiary alicyclic amines) is 1. The first-order valence-electron chi connectivity index (χ1n) is 7.72. The van der Waals surface area contributed by atoms with Gasteiger partial charge < -0.3 is 4.90 Å². The molecule has 0 radical (unpaired) electrons. The van der Waals surface area contributed by atoms with E-state index in [2.05, 4.69) is 4.72 Å². The first-order chi connectivity index (χ1) is 9.47. The smallest absolute Gasteiger partial charge is 0.226 e. The number of carbonyl (C=O) groups is 1. The van der Waals surface area contributed by atoms with Crippen LogP contribution < -0.4 is 4.72 Å². The molecule has 3 aliphatic rings. The van der Waals surface area contributed by atoms with E-state index in [4.69, 9.17) is 0 Å². The molecule has 0 aromatic heterocycles. The SMILES string of the molecule is CS(=O)(=O)NC[C@@H]1CCCCN1C(=O)C1[C@@H]2CCC[C@@H]12. The van der Waals surface area contributed by atoms with Gasteiger partial charge in [-0.1, -0.05) is 6.42 Å². The minimum absolute atomic E-state index is 0.0484. The summed E-state index contributed by atoms with van der Waals surface area (Å²) in [7, 11) is -3.18. The Kier molecular flexibility index (Phi) is 3.79. The molecule has 3 atom stereocenters. The van der Waals surface area contributed by atoms with Crippen molar-refractivity contribution in [3.63, 3.8) is 0 Å². The van der Waals surface area contributed by atoms with Gasteiger partial charge in [0.2, 0.25) is 15.9 Å². The Morgan fingerprint density at radius 2 is 1.85 bits per heavy atom. The van der Waals surface area contributed by atoms with Gasteiger partial charge in [-0.3, -0.25) is 4.79 Å². The van der Waals surface area contributed by atoms with Gasteiger partial charge in [0, 0.05) is 25.0 Å². The van der Waals surface area contributed by atoms with Crippen LogP contribution in [-0.4, -0.2) is 44.6 Å². The van der Waals surface area contributed by atoms with E-state index in [-0.39, 0.29) is 12.0 Å². The molecule has 0 aromatic carbocycles. The molecule has 3 fully saturated rings. The van der Waals surface area contributed by atoms with Crippen molar-refractivity contribution in [3.05, 3.63) is 0 Å². The number of fused-ring (bicyclic) bond motifs is 1. The second-order valence-corrected chi connectivity index (χ2v) is 8.42. The molecule has 0 unspecified atom stereocenters. The summed E-state index contributed by atoms with van der Waals surface area (Å²) in [4.78, 5) is 14.6. The van der Waals surface area contributed by atoms with Crippen LogP contribution in [-0.2, 0) is 14.8 Å². The third-order valence-electron chi connectivity index (χ3n) is 5.18. The van der Waals surface area contributed by atoms with Crippen LogP contribution in [0.1, 0.15) is 38.5 Å². The average molecular weight is 300 g/mol. The van der Waals surface area contributed by atoms with Crippen LogP contribution in [0.5, 0.6) is 0 Å². The van der Waals surface area contributed by atoms with Gasteiger partial charge >= 0.3 is 0 Å². The van der Waals surface area contributed by atoms with Crippen molar-refractivity contribution in [2.75, 3.05) is 19.3 Å². The third-order valence-corrected chi connectivity index (χ3v) is 5.87. The highest BCUT2D eigenvalue weighted by Gasteiger charge is 2.57. The summed E-state index contributed by atoms with van der Waals surface area (Å²) in [6.07, 6.45) is 7.91. The maximum atomic E-state index is 12.7. The maximum absolute atomic E-state index is 12.7. The van der Waals surface area contributed by atoms with E-state index in [0.717, 1.165) is 25.8 Å². The Bertz CT molecular complexity index is 481. The highest BCUT2D eigenvalue weighted by molar-refractivity contribution is 7.88. The number of piperidine rings is 1. The fourth-order valence-corrected chi connectivity index (χ4v) is 4.62. The number of amides is 1. The molecule has 0 bridgehead atoms. The largest absolute Gasteiger partial charge is 0.338 e. The first-order valence-corrected chi connectivity index (χ1v) is 9.61. The molecule has 20 heavy (non-hydrogen) atoms. The van der Waals surface area contributed by atoms with Crippen LogP contribution in [0, 0.1) is 17.8 Å². The van der Waals surface area contributed by atoms with Crippen molar-refractivity contribution in [3.8, 4) is 0 Å². The van der Waals surface area contributed by atoms with Gasteiger partial charge in [-0.2, -0.15) is 0 Å². The van der Waals surface area contributed by atoms with E-state index in [1.165, 1.54) is 25.5 Å². The Morgan fingerprint density at radius 3 is 2.50 bits per heavy atom. The number of hydrogen-bond acceptors (Lipinski definition) is 3. The monoisotopic (exact) mass is 300 g/mol. The van der Waals surface area contributed by atoms with Crippen LogP contribution in [0.3, 0.4) is 0 Å². The summed E-state index contributed by atoms with van der Waals surface area (Å²) in [5.74, 6) is 1.81. The normalized spacial score (nSPS) is 36.8. The number of nitrogens with one attached hydrogen (secondary N) is 1. The molecular formula is C14H24N2O3S. The molecule has 1 amide bonds. The molecule has 0 spiro atoms. The zero-order chi connectivity index (χ0) is 14.3. The second-order valence-electron chi connectivity index (χ2n) is 6.59. The van der Waals surface area contributed by atoms with Gasteiger partial charge in [0.05, 0.1) is 6.26 Å². The Labute approximate surface area is 121 Å². The molecule has 1 aliphatic heterocycles. The van der Waals surface area contributed by atoms with E-state index in [0.29, 0.717) is 24.3 Å². The molecule has 5 nitrogen and oxygen atoms in total. The lowest BCUT2D eigenvalue weighted by Crippen LogP contribution is -2.50. The molecule has 0 aromatic rings. The molecule has 1 heterocycles. The molecule has 2 saturated carbocycles. The first kappa shape index (κ1) is 14.3. The molecule has 6 heteroatoms. The van der Waals surface area contributed by atoms with Gasteiger partial charge in [-0.15, -0.1) is 0 Å². The highest BCUT2D eigenvalue weighted by atomic mass is 32.2. The van der Waals surface area contributed by atoms with Crippen molar-refractivity contribution in [2.24, 2.45) is 17.8 Å². The van der Waals surface area contributed by atoms with Gasteiger partial charge in [0.1, 0.15) is 0 Å². The Balaban J connectivity index is 1.61. The van der Waals surface area contributed by atoms with Gasteiger partial charge in [-0.25, -0.2) is 13.1 Å². The fourth-order valence-electron chi connectivity index (χ4n) is 4.13. The van der Waals surface area contributed by atoms with Gasteiger partial charge in [0.15, 0.2) is 0 Å². The van der Waals surface area contributed by atoms with E-state index in [1.807, 2.05) is 4.90 Å². The third kappa shape index (κ3) is 2.86. The van der Waals surface area contributed by atoms with Crippen molar-refractivity contribution < 1.29 is 13.2 Å². The standard InChI is InChI=1S/C14H24N2O3S/c1-20(18,19)15-9-10-5-2-3-8-16(10)14(17)13-11-6-4-7-12(11)13/h10-13,15H,2-9H2,1H3/t10-,11+,12+/m0/s1.